The summed E-state index contributed by atoms with van der Waals surface area (Å²) in [6.45, 7) is 7.63. The summed E-state index contributed by atoms with van der Waals surface area (Å²) in [5.41, 5.74) is 5.34. The number of aliphatic hydroxyl groups is 1. The molecule has 0 heterocycles. The molecule has 0 saturated heterocycles. The van der Waals surface area contributed by atoms with Crippen molar-refractivity contribution in [2.75, 3.05) is 40.4 Å². The Hall–Kier alpha value is -0.690. The molecule has 0 amide bonds. The second kappa shape index (κ2) is 9.52. The molecule has 184 valence electrons. The van der Waals surface area contributed by atoms with Crippen LogP contribution in [0.15, 0.2) is 5.16 Å². The third-order valence-electron chi connectivity index (χ3n) is 10.3. The number of nitrogens with zero attached hydrogens (tertiary/aromatic N) is 2. The van der Waals surface area contributed by atoms with E-state index in [0.717, 1.165) is 44.6 Å². The lowest BCUT2D eigenvalue weighted by molar-refractivity contribution is -0.207. The van der Waals surface area contributed by atoms with E-state index in [0.29, 0.717) is 49.0 Å². The number of nitrogens with two attached hydrogens (primary N) is 1. The molecule has 0 bridgehead atoms. The van der Waals surface area contributed by atoms with Crippen LogP contribution in [0.1, 0.15) is 71.6 Å². The molecule has 3 N–H and O–H groups in total. The first-order valence-corrected chi connectivity index (χ1v) is 13.1. The fraction of sp³-hybridized carbons (Fsp3) is 0.962. The van der Waals surface area contributed by atoms with Crippen molar-refractivity contribution in [3.05, 3.63) is 0 Å². The first-order chi connectivity index (χ1) is 15.2. The largest absolute Gasteiger partial charge is 0.395 e. The molecular formula is C26H47N3O3. The minimum atomic E-state index is -0.572. The van der Waals surface area contributed by atoms with Crippen molar-refractivity contribution in [3.63, 3.8) is 0 Å². The van der Waals surface area contributed by atoms with Crippen molar-refractivity contribution in [3.8, 4) is 0 Å². The van der Waals surface area contributed by atoms with E-state index < -0.39 is 5.60 Å². The van der Waals surface area contributed by atoms with E-state index in [-0.39, 0.29) is 5.41 Å². The molecule has 32 heavy (non-hydrogen) atoms. The standard InChI is InChI=1S/C26H47N3O3/c1-24-10-8-21(31-15-13-27)17-19(24)5-6-23-22(24)9-11-25(2)20(7-12-26(23,25)30)18-28-32-16-14-29(3)4/h18-23,30H,5-17,27H2,1-4H3/b28-18+/t19-,20-,21+,22+,23-,24+,25-,26+/m1/s1. The molecule has 0 radical (unpaired) electrons. The molecule has 4 saturated carbocycles. The molecule has 8 atom stereocenters. The van der Waals surface area contributed by atoms with Gasteiger partial charge in [-0.1, -0.05) is 19.0 Å². The van der Waals surface area contributed by atoms with Crippen molar-refractivity contribution in [1.82, 2.24) is 4.90 Å². The van der Waals surface area contributed by atoms with Crippen LogP contribution < -0.4 is 5.73 Å². The van der Waals surface area contributed by atoms with Crippen LogP contribution in [0.2, 0.25) is 0 Å². The van der Waals surface area contributed by atoms with Gasteiger partial charge >= 0.3 is 0 Å². The summed E-state index contributed by atoms with van der Waals surface area (Å²) < 4.78 is 6.05. The van der Waals surface area contributed by atoms with Crippen molar-refractivity contribution < 1.29 is 14.7 Å². The predicted octanol–water partition coefficient (Wildman–Crippen LogP) is 3.67. The van der Waals surface area contributed by atoms with Gasteiger partial charge in [0.1, 0.15) is 6.61 Å². The summed E-state index contributed by atoms with van der Waals surface area (Å²) in [6.07, 6.45) is 12.6. The highest BCUT2D eigenvalue weighted by Crippen LogP contribution is 2.68. The molecule has 0 aromatic carbocycles. The first kappa shape index (κ1) is 24.4. The molecule has 4 rings (SSSR count). The van der Waals surface area contributed by atoms with E-state index in [1.165, 1.54) is 25.7 Å². The third kappa shape index (κ3) is 4.14. The number of likely N-dealkylation sites (N-methyl/N-ethyl adjacent to an activating group) is 1. The normalized spacial score (nSPS) is 46.2. The van der Waals surface area contributed by atoms with E-state index in [2.05, 4.69) is 23.9 Å². The molecule has 6 heteroatoms. The molecule has 0 aliphatic heterocycles. The van der Waals surface area contributed by atoms with Gasteiger partial charge in [-0.05, 0) is 95.1 Å². The number of ether oxygens (including phenoxy) is 1. The molecule has 0 aromatic heterocycles. The molecule has 4 aliphatic rings. The minimum Gasteiger partial charge on any atom is -0.395 e. The van der Waals surface area contributed by atoms with Crippen LogP contribution in [-0.2, 0) is 9.57 Å². The highest BCUT2D eigenvalue weighted by Gasteiger charge is 2.67. The lowest BCUT2D eigenvalue weighted by Crippen LogP contribution is -2.62. The van der Waals surface area contributed by atoms with Crippen LogP contribution in [0.4, 0.5) is 0 Å². The molecule has 0 unspecified atom stereocenters. The first-order valence-electron chi connectivity index (χ1n) is 13.1. The SMILES string of the molecule is CN(C)CCO/N=C/[C@H]1CC[C@]2(O)[C@@H]3CC[C@@H]4C[C@@H](OCCN)CC[C@]4(C)[C@H]3CC[C@]12C. The smallest absolute Gasteiger partial charge is 0.129 e. The molecule has 0 spiro atoms. The van der Waals surface area contributed by atoms with Gasteiger partial charge in [0.25, 0.3) is 0 Å². The van der Waals surface area contributed by atoms with Crippen LogP contribution in [0.3, 0.4) is 0 Å². The lowest BCUT2D eigenvalue weighted by atomic mass is 9.43. The van der Waals surface area contributed by atoms with E-state index in [1.54, 1.807) is 0 Å². The fourth-order valence-electron chi connectivity index (χ4n) is 8.24. The maximum Gasteiger partial charge on any atom is 0.129 e. The maximum absolute atomic E-state index is 12.2. The number of hydrogen-bond donors (Lipinski definition) is 2. The van der Waals surface area contributed by atoms with Gasteiger partial charge in [-0.15, -0.1) is 0 Å². The summed E-state index contributed by atoms with van der Waals surface area (Å²) >= 11 is 0. The van der Waals surface area contributed by atoms with Crippen molar-refractivity contribution in [2.24, 2.45) is 45.4 Å². The van der Waals surface area contributed by atoms with Gasteiger partial charge in [0, 0.05) is 30.6 Å². The topological polar surface area (TPSA) is 80.3 Å². The van der Waals surface area contributed by atoms with Gasteiger partial charge in [0.05, 0.1) is 18.3 Å². The van der Waals surface area contributed by atoms with Crippen LogP contribution >= 0.6 is 0 Å². The van der Waals surface area contributed by atoms with Gasteiger partial charge in [-0.2, -0.15) is 0 Å². The Morgan fingerprint density at radius 2 is 1.84 bits per heavy atom. The molecule has 6 nitrogen and oxygen atoms in total. The average molecular weight is 450 g/mol. The van der Waals surface area contributed by atoms with E-state index in [1.807, 2.05) is 20.3 Å². The lowest BCUT2D eigenvalue weighted by Gasteiger charge is -2.63. The maximum atomic E-state index is 12.2. The quantitative estimate of drug-likeness (QED) is 0.336. The highest BCUT2D eigenvalue weighted by molar-refractivity contribution is 5.63. The van der Waals surface area contributed by atoms with E-state index in [9.17, 15) is 5.11 Å². The number of oxime groups is 1. The Bertz CT molecular complexity index is 673. The summed E-state index contributed by atoms with van der Waals surface area (Å²) in [5, 5.41) is 16.6. The molecular weight excluding hydrogens is 402 g/mol. The molecule has 4 aliphatic carbocycles. The van der Waals surface area contributed by atoms with Crippen LogP contribution in [0.25, 0.3) is 0 Å². The fourth-order valence-corrected chi connectivity index (χ4v) is 8.24. The van der Waals surface area contributed by atoms with Gasteiger partial charge in [0.2, 0.25) is 0 Å². The second-order valence-corrected chi connectivity index (χ2v) is 12.0. The minimum absolute atomic E-state index is 0.0901. The van der Waals surface area contributed by atoms with Gasteiger partial charge < -0.3 is 25.3 Å². The zero-order valence-corrected chi connectivity index (χ0v) is 20.9. The van der Waals surface area contributed by atoms with E-state index in [4.69, 9.17) is 15.3 Å². The van der Waals surface area contributed by atoms with Crippen LogP contribution in [0, 0.1) is 34.5 Å². The van der Waals surface area contributed by atoms with Crippen LogP contribution in [-0.4, -0.2) is 68.3 Å². The van der Waals surface area contributed by atoms with Gasteiger partial charge in [-0.25, -0.2) is 0 Å². The van der Waals surface area contributed by atoms with Crippen molar-refractivity contribution in [2.45, 2.75) is 83.3 Å². The Balaban J connectivity index is 1.44. The number of rotatable bonds is 8. The van der Waals surface area contributed by atoms with Crippen molar-refractivity contribution in [1.29, 1.82) is 0 Å². The Morgan fingerprint density at radius 3 is 2.59 bits per heavy atom. The average Bonchev–Trinajstić information content (AvgIpc) is 3.02. The zero-order chi connectivity index (χ0) is 23.0. The highest BCUT2D eigenvalue weighted by atomic mass is 16.6. The summed E-state index contributed by atoms with van der Waals surface area (Å²) in [6, 6.07) is 0. The third-order valence-corrected chi connectivity index (χ3v) is 10.3. The number of fused-ring (bicyclic) bond motifs is 5. The van der Waals surface area contributed by atoms with Crippen LogP contribution in [0.5, 0.6) is 0 Å². The summed E-state index contributed by atoms with van der Waals surface area (Å²) in [5.74, 6) is 2.06. The summed E-state index contributed by atoms with van der Waals surface area (Å²) in [4.78, 5) is 7.62. The van der Waals surface area contributed by atoms with Gasteiger partial charge in [0.15, 0.2) is 0 Å². The zero-order valence-electron chi connectivity index (χ0n) is 20.9. The Kier molecular flexibility index (Phi) is 7.27. The monoisotopic (exact) mass is 449 g/mol. The van der Waals surface area contributed by atoms with E-state index >= 15 is 0 Å². The Morgan fingerprint density at radius 1 is 1.03 bits per heavy atom. The van der Waals surface area contributed by atoms with Crippen molar-refractivity contribution >= 4 is 6.21 Å². The summed E-state index contributed by atoms with van der Waals surface area (Å²) in [7, 11) is 4.08. The second-order valence-electron chi connectivity index (χ2n) is 12.0. The molecule has 4 fully saturated rings. The predicted molar refractivity (Wildman–Crippen MR) is 128 cm³/mol. The molecule has 0 aromatic rings. The number of hydrogen-bond acceptors (Lipinski definition) is 6. The Labute approximate surface area is 195 Å². The van der Waals surface area contributed by atoms with Gasteiger partial charge in [-0.3, -0.25) is 0 Å².